The van der Waals surface area contributed by atoms with Crippen molar-refractivity contribution in [2.75, 3.05) is 0 Å². The maximum absolute atomic E-state index is 14.1. The number of fused-ring (bicyclic) bond motifs is 1. The molecular weight excluding hydrogens is 523 g/mol. The average Bonchev–Trinajstić information content (AvgIpc) is 3.20. The topological polar surface area (TPSA) is 52.0 Å². The average molecular weight is 561 g/mol. The van der Waals surface area contributed by atoms with Crippen molar-refractivity contribution < 1.29 is 8.42 Å². The summed E-state index contributed by atoms with van der Waals surface area (Å²) in [6, 6.07) is 13.4. The Kier molecular flexibility index (Phi) is 8.84. The number of unbranched alkanes of at least 4 members (excludes halogenated alkanes) is 3. The van der Waals surface area contributed by atoms with Gasteiger partial charge in [0.25, 0.3) is 0 Å². The normalized spacial score (nSPS) is 12.5. The van der Waals surface area contributed by atoms with Gasteiger partial charge in [-0.3, -0.25) is 0 Å². The maximum atomic E-state index is 14.1. The first kappa shape index (κ1) is 25.3. The molecule has 0 aliphatic heterocycles. The molecule has 0 fully saturated rings. The van der Waals surface area contributed by atoms with Crippen LogP contribution in [0.15, 0.2) is 53.6 Å². The second-order valence-corrected chi connectivity index (χ2v) is 24.0. The van der Waals surface area contributed by atoms with Crippen molar-refractivity contribution in [1.82, 2.24) is 8.96 Å². The van der Waals surface area contributed by atoms with Crippen LogP contribution >= 0.6 is 0 Å². The first-order valence-corrected chi connectivity index (χ1v) is 21.1. The second kappa shape index (κ2) is 11.2. The Hall–Kier alpha value is -1.34. The summed E-state index contributed by atoms with van der Waals surface area (Å²) < 4.78 is 34.6. The van der Waals surface area contributed by atoms with E-state index in [2.05, 4.69) is 31.8 Å². The Labute approximate surface area is 198 Å². The summed E-state index contributed by atoms with van der Waals surface area (Å²) >= 11 is -3.05. The molecule has 174 valence electrons. The van der Waals surface area contributed by atoms with Crippen molar-refractivity contribution in [2.45, 2.75) is 84.4 Å². The fraction of sp³-hybridized carbons (Fsp3) is 0.500. The number of benzene rings is 1. The zero-order valence-corrected chi connectivity index (χ0v) is 23.8. The summed E-state index contributed by atoms with van der Waals surface area (Å²) in [5.74, 6) is 0. The number of pyridine rings is 1. The molecule has 0 N–H and O–H groups in total. The summed E-state index contributed by atoms with van der Waals surface area (Å²) in [5.41, 5.74) is 1.65. The molecule has 0 bridgehead atoms. The van der Waals surface area contributed by atoms with Crippen molar-refractivity contribution in [1.29, 1.82) is 0 Å². The third kappa shape index (κ3) is 5.24. The molecule has 6 heteroatoms. The predicted octanol–water partition coefficient (Wildman–Crippen LogP) is 6.64. The van der Waals surface area contributed by atoms with Gasteiger partial charge in [-0.1, -0.05) is 0 Å². The monoisotopic (exact) mass is 562 g/mol. The Morgan fingerprint density at radius 3 is 1.97 bits per heavy atom. The van der Waals surface area contributed by atoms with Crippen LogP contribution in [0.2, 0.25) is 13.3 Å². The van der Waals surface area contributed by atoms with E-state index in [4.69, 9.17) is 0 Å². The minimum absolute atomic E-state index is 0.356. The number of aryl methyl sites for hydroxylation is 1. The molecule has 0 unspecified atom stereocenters. The van der Waals surface area contributed by atoms with E-state index in [0.29, 0.717) is 10.5 Å². The molecule has 0 radical (unpaired) electrons. The van der Waals surface area contributed by atoms with E-state index >= 15 is 0 Å². The van der Waals surface area contributed by atoms with E-state index in [9.17, 15) is 8.42 Å². The third-order valence-electron chi connectivity index (χ3n) is 6.65. The quantitative estimate of drug-likeness (QED) is 0.233. The van der Waals surface area contributed by atoms with Gasteiger partial charge in [0.1, 0.15) is 0 Å². The number of hydrogen-bond acceptors (Lipinski definition) is 3. The molecule has 1 aromatic carbocycles. The van der Waals surface area contributed by atoms with Gasteiger partial charge in [-0.2, -0.15) is 0 Å². The van der Waals surface area contributed by atoms with Gasteiger partial charge in [-0.25, -0.2) is 0 Å². The molecule has 0 atom stereocenters. The summed E-state index contributed by atoms with van der Waals surface area (Å²) in [7, 11) is -3.72. The van der Waals surface area contributed by atoms with E-state index < -0.39 is 28.4 Å². The molecular formula is C26H38N2O2SSn. The van der Waals surface area contributed by atoms with Crippen LogP contribution < -0.4 is 3.71 Å². The second-order valence-electron chi connectivity index (χ2n) is 9.12. The summed E-state index contributed by atoms with van der Waals surface area (Å²) in [6.07, 6.45) is 8.73. The van der Waals surface area contributed by atoms with Crippen molar-refractivity contribution >= 4 is 43.1 Å². The van der Waals surface area contributed by atoms with Crippen molar-refractivity contribution in [3.05, 3.63) is 54.2 Å². The summed E-state index contributed by atoms with van der Waals surface area (Å²) in [6.45, 7) is 8.72. The molecule has 3 aromatic rings. The van der Waals surface area contributed by atoms with E-state index in [0.717, 1.165) is 33.9 Å². The van der Waals surface area contributed by atoms with E-state index in [1.54, 1.807) is 22.3 Å². The molecule has 0 amide bonds. The molecule has 4 nitrogen and oxygen atoms in total. The van der Waals surface area contributed by atoms with Crippen LogP contribution in [0.5, 0.6) is 0 Å². The third-order valence-corrected chi connectivity index (χ3v) is 24.2. The number of aromatic nitrogens is 2. The number of hydrogen-bond donors (Lipinski definition) is 0. The standard InChI is InChI=1S/C14H11N2O2S.3C4H9.Sn/c1-11-4-6-13(7-5-11)19(17,18)16-10-8-12-3-2-9-15-14(12)16;3*1-3-4-2;/h2-9H,1H3;3*1,3-4H2,2H3;. The van der Waals surface area contributed by atoms with Gasteiger partial charge in [-0.05, 0) is 0 Å². The van der Waals surface area contributed by atoms with Crippen LogP contribution in [0.3, 0.4) is 0 Å². The first-order chi connectivity index (χ1) is 15.4. The van der Waals surface area contributed by atoms with Crippen LogP contribution in [0.25, 0.3) is 11.0 Å². The van der Waals surface area contributed by atoms with Crippen LogP contribution in [-0.2, 0) is 10.0 Å². The molecule has 2 heterocycles. The Morgan fingerprint density at radius 2 is 1.44 bits per heavy atom. The Bertz CT molecular complexity index is 1100. The van der Waals surface area contributed by atoms with Crippen LogP contribution in [-0.4, -0.2) is 35.8 Å². The molecule has 3 rings (SSSR count). The molecule has 0 saturated carbocycles. The summed E-state index contributed by atoms with van der Waals surface area (Å²) in [4.78, 5) is 4.94. The zero-order chi connectivity index (χ0) is 23.2. The first-order valence-electron chi connectivity index (χ1n) is 12.2. The zero-order valence-electron chi connectivity index (χ0n) is 20.1. The fourth-order valence-electron chi connectivity index (χ4n) is 4.74. The molecule has 0 saturated heterocycles. The van der Waals surface area contributed by atoms with Crippen LogP contribution in [0.1, 0.15) is 64.9 Å². The fourth-order valence-corrected chi connectivity index (χ4v) is 24.5. The molecule has 0 spiro atoms. The SMILES string of the molecule is CCC[CH2][Sn]([CH2]CCC)([CH2]CCC)[c]1cc2cccnc2n1S(=O)(=O)c1ccc(C)cc1. The summed E-state index contributed by atoms with van der Waals surface area (Å²) in [5, 5.41) is 0.948. The Morgan fingerprint density at radius 1 is 0.875 bits per heavy atom. The molecule has 2 aromatic heterocycles. The van der Waals surface area contributed by atoms with Gasteiger partial charge in [0.2, 0.25) is 0 Å². The minimum atomic E-state index is -3.72. The van der Waals surface area contributed by atoms with Crippen molar-refractivity contribution in [2.24, 2.45) is 0 Å². The Balaban J connectivity index is 2.30. The molecule has 32 heavy (non-hydrogen) atoms. The van der Waals surface area contributed by atoms with Gasteiger partial charge >= 0.3 is 199 Å². The molecule has 0 aliphatic rings. The van der Waals surface area contributed by atoms with Crippen molar-refractivity contribution in [3.63, 3.8) is 0 Å². The van der Waals surface area contributed by atoms with Gasteiger partial charge in [0.05, 0.1) is 0 Å². The van der Waals surface area contributed by atoms with Gasteiger partial charge in [-0.15, -0.1) is 0 Å². The van der Waals surface area contributed by atoms with Gasteiger partial charge in [0, 0.05) is 0 Å². The molecule has 0 aliphatic carbocycles. The predicted molar refractivity (Wildman–Crippen MR) is 138 cm³/mol. The van der Waals surface area contributed by atoms with E-state index in [-0.39, 0.29) is 0 Å². The van der Waals surface area contributed by atoms with E-state index in [1.165, 1.54) is 32.6 Å². The number of nitrogens with zero attached hydrogens (tertiary/aromatic N) is 2. The van der Waals surface area contributed by atoms with Crippen LogP contribution in [0.4, 0.5) is 0 Å². The van der Waals surface area contributed by atoms with Crippen LogP contribution in [0, 0.1) is 6.92 Å². The van der Waals surface area contributed by atoms with Gasteiger partial charge < -0.3 is 0 Å². The van der Waals surface area contributed by atoms with Gasteiger partial charge in [0.15, 0.2) is 0 Å². The van der Waals surface area contributed by atoms with E-state index in [1.807, 2.05) is 31.2 Å². The van der Waals surface area contributed by atoms with Crippen molar-refractivity contribution in [3.8, 4) is 0 Å². The number of rotatable bonds is 12.